The summed E-state index contributed by atoms with van der Waals surface area (Å²) in [5.74, 6) is -1.17. The highest BCUT2D eigenvalue weighted by Crippen LogP contribution is 2.33. The van der Waals surface area contributed by atoms with Crippen LogP contribution < -0.4 is 16.0 Å². The molecule has 1 atom stereocenters. The molecule has 0 spiro atoms. The van der Waals surface area contributed by atoms with Crippen LogP contribution in [0.25, 0.3) is 11.0 Å². The third-order valence-corrected chi connectivity index (χ3v) is 6.63. The SMILES string of the molecule is CC1(c2cc3ccccc3o2)NC(=O)N(CC(=O)Nc2ccccc2C(=O)NC2CCCC2)C1=O. The zero-order valence-electron chi connectivity index (χ0n) is 19.3. The Morgan fingerprint density at radius 1 is 1.09 bits per heavy atom. The predicted octanol–water partition coefficient (Wildman–Crippen LogP) is 3.51. The van der Waals surface area contributed by atoms with Crippen LogP contribution in [0.1, 0.15) is 48.7 Å². The molecule has 1 saturated heterocycles. The zero-order chi connectivity index (χ0) is 24.6. The van der Waals surface area contributed by atoms with Gasteiger partial charge in [-0.05, 0) is 44.0 Å². The number of urea groups is 1. The average Bonchev–Trinajstić information content (AvgIpc) is 3.56. The van der Waals surface area contributed by atoms with Gasteiger partial charge >= 0.3 is 6.03 Å². The zero-order valence-corrected chi connectivity index (χ0v) is 19.3. The second-order valence-electron chi connectivity index (χ2n) is 9.14. The van der Waals surface area contributed by atoms with Crippen molar-refractivity contribution in [3.63, 3.8) is 0 Å². The second-order valence-corrected chi connectivity index (χ2v) is 9.14. The van der Waals surface area contributed by atoms with Crippen LogP contribution in [0.3, 0.4) is 0 Å². The fourth-order valence-corrected chi connectivity index (χ4v) is 4.69. The molecule has 2 fully saturated rings. The maximum Gasteiger partial charge on any atom is 0.325 e. The van der Waals surface area contributed by atoms with Gasteiger partial charge in [0.25, 0.3) is 11.8 Å². The Balaban J connectivity index is 1.29. The lowest BCUT2D eigenvalue weighted by Gasteiger charge is -2.19. The van der Waals surface area contributed by atoms with E-state index < -0.39 is 29.9 Å². The van der Waals surface area contributed by atoms with Gasteiger partial charge in [-0.3, -0.25) is 19.3 Å². The van der Waals surface area contributed by atoms with E-state index in [0.29, 0.717) is 16.8 Å². The van der Waals surface area contributed by atoms with Gasteiger partial charge in [-0.15, -0.1) is 0 Å². The number of furan rings is 1. The van der Waals surface area contributed by atoms with E-state index in [9.17, 15) is 19.2 Å². The van der Waals surface area contributed by atoms with Crippen LogP contribution in [0.5, 0.6) is 0 Å². The van der Waals surface area contributed by atoms with E-state index in [1.165, 1.54) is 0 Å². The Bertz CT molecular complexity index is 1290. The Hall–Kier alpha value is -4.14. The average molecular weight is 475 g/mol. The smallest absolute Gasteiger partial charge is 0.325 e. The molecule has 35 heavy (non-hydrogen) atoms. The van der Waals surface area contributed by atoms with E-state index in [1.54, 1.807) is 43.3 Å². The van der Waals surface area contributed by atoms with Crippen molar-refractivity contribution < 1.29 is 23.6 Å². The maximum absolute atomic E-state index is 13.2. The molecule has 0 radical (unpaired) electrons. The lowest BCUT2D eigenvalue weighted by atomic mass is 9.99. The van der Waals surface area contributed by atoms with E-state index in [0.717, 1.165) is 36.0 Å². The molecule has 2 heterocycles. The minimum absolute atomic E-state index is 0.133. The first-order valence-electron chi connectivity index (χ1n) is 11.7. The number of carbonyl (C=O) groups is 4. The lowest BCUT2D eigenvalue weighted by molar-refractivity contribution is -0.134. The second kappa shape index (κ2) is 8.90. The molecule has 5 rings (SSSR count). The lowest BCUT2D eigenvalue weighted by Crippen LogP contribution is -2.42. The summed E-state index contributed by atoms with van der Waals surface area (Å²) < 4.78 is 5.81. The number of para-hydroxylation sites is 2. The molecular weight excluding hydrogens is 448 g/mol. The Labute approximate surface area is 201 Å². The maximum atomic E-state index is 13.2. The summed E-state index contributed by atoms with van der Waals surface area (Å²) >= 11 is 0. The van der Waals surface area contributed by atoms with E-state index in [1.807, 2.05) is 18.2 Å². The minimum atomic E-state index is -1.44. The number of fused-ring (bicyclic) bond motifs is 1. The molecule has 9 heteroatoms. The largest absolute Gasteiger partial charge is 0.458 e. The highest BCUT2D eigenvalue weighted by Gasteiger charge is 2.51. The number of hydrogen-bond acceptors (Lipinski definition) is 5. The number of nitrogens with zero attached hydrogens (tertiary/aromatic N) is 1. The minimum Gasteiger partial charge on any atom is -0.458 e. The molecule has 1 unspecified atom stereocenters. The first kappa shape index (κ1) is 22.6. The summed E-state index contributed by atoms with van der Waals surface area (Å²) in [5.41, 5.74) is -0.193. The van der Waals surface area contributed by atoms with Crippen molar-refractivity contribution in [3.05, 3.63) is 65.9 Å². The summed E-state index contributed by atoms with van der Waals surface area (Å²) in [6, 6.07) is 15.1. The van der Waals surface area contributed by atoms with Crippen LogP contribution >= 0.6 is 0 Å². The molecule has 1 saturated carbocycles. The number of amides is 5. The molecule has 3 N–H and O–H groups in total. The number of imide groups is 1. The molecule has 0 bridgehead atoms. The van der Waals surface area contributed by atoms with Crippen molar-refractivity contribution in [1.29, 1.82) is 0 Å². The van der Waals surface area contributed by atoms with Gasteiger partial charge in [-0.2, -0.15) is 0 Å². The summed E-state index contributed by atoms with van der Waals surface area (Å²) in [6.07, 6.45) is 4.05. The molecule has 1 aliphatic carbocycles. The van der Waals surface area contributed by atoms with Gasteiger partial charge in [0.15, 0.2) is 5.54 Å². The summed E-state index contributed by atoms with van der Waals surface area (Å²) in [6.45, 7) is 1.05. The van der Waals surface area contributed by atoms with E-state index in [4.69, 9.17) is 4.42 Å². The predicted molar refractivity (Wildman–Crippen MR) is 129 cm³/mol. The van der Waals surface area contributed by atoms with Crippen LogP contribution in [-0.2, 0) is 15.1 Å². The molecule has 2 aromatic carbocycles. The van der Waals surface area contributed by atoms with Crippen molar-refractivity contribution in [2.45, 2.75) is 44.2 Å². The Morgan fingerprint density at radius 2 is 1.80 bits per heavy atom. The first-order valence-corrected chi connectivity index (χ1v) is 11.7. The molecule has 180 valence electrons. The third kappa shape index (κ3) is 4.25. The fraction of sp³-hybridized carbons (Fsp3) is 0.308. The quantitative estimate of drug-likeness (QED) is 0.472. The summed E-state index contributed by atoms with van der Waals surface area (Å²) in [7, 11) is 0. The molecule has 2 aliphatic rings. The molecule has 3 aromatic rings. The van der Waals surface area contributed by atoms with Crippen molar-refractivity contribution >= 4 is 40.4 Å². The van der Waals surface area contributed by atoms with Gasteiger partial charge in [0, 0.05) is 11.4 Å². The number of rotatable bonds is 6. The van der Waals surface area contributed by atoms with Gasteiger partial charge in [0.05, 0.1) is 11.3 Å². The van der Waals surface area contributed by atoms with E-state index >= 15 is 0 Å². The molecular formula is C26H26N4O5. The van der Waals surface area contributed by atoms with E-state index in [2.05, 4.69) is 16.0 Å². The Kier molecular flexibility index (Phi) is 5.76. The van der Waals surface area contributed by atoms with E-state index in [-0.39, 0.29) is 17.7 Å². The normalized spacial score (nSPS) is 20.3. The molecule has 5 amide bonds. The molecule has 1 aliphatic heterocycles. The van der Waals surface area contributed by atoms with Gasteiger partial charge in [-0.25, -0.2) is 4.79 Å². The topological polar surface area (TPSA) is 121 Å². The first-order chi connectivity index (χ1) is 16.8. The highest BCUT2D eigenvalue weighted by molar-refractivity contribution is 6.11. The number of hydrogen-bond donors (Lipinski definition) is 3. The van der Waals surface area contributed by atoms with Crippen LogP contribution in [0, 0.1) is 0 Å². The van der Waals surface area contributed by atoms with Crippen molar-refractivity contribution in [3.8, 4) is 0 Å². The summed E-state index contributed by atoms with van der Waals surface area (Å²) in [4.78, 5) is 52.3. The van der Waals surface area contributed by atoms with Crippen molar-refractivity contribution in [1.82, 2.24) is 15.5 Å². The van der Waals surface area contributed by atoms with Crippen LogP contribution in [-0.4, -0.2) is 41.2 Å². The fourth-order valence-electron chi connectivity index (χ4n) is 4.69. The van der Waals surface area contributed by atoms with Crippen LogP contribution in [0.15, 0.2) is 59.0 Å². The highest BCUT2D eigenvalue weighted by atomic mass is 16.3. The monoisotopic (exact) mass is 474 g/mol. The molecule has 1 aromatic heterocycles. The molecule has 9 nitrogen and oxygen atoms in total. The van der Waals surface area contributed by atoms with Crippen molar-refractivity contribution in [2.75, 3.05) is 11.9 Å². The summed E-state index contributed by atoms with van der Waals surface area (Å²) in [5, 5.41) is 9.13. The van der Waals surface area contributed by atoms with Crippen molar-refractivity contribution in [2.24, 2.45) is 0 Å². The van der Waals surface area contributed by atoms with Gasteiger partial charge in [0.2, 0.25) is 5.91 Å². The van der Waals surface area contributed by atoms with Gasteiger partial charge in [0.1, 0.15) is 17.9 Å². The Morgan fingerprint density at radius 3 is 2.57 bits per heavy atom. The third-order valence-electron chi connectivity index (χ3n) is 6.63. The van der Waals surface area contributed by atoms with Crippen LogP contribution in [0.2, 0.25) is 0 Å². The number of carbonyl (C=O) groups excluding carboxylic acids is 4. The standard InChI is InChI=1S/C26H26N4O5/c1-26(21-14-16-8-2-7-13-20(16)35-21)24(33)30(25(34)29-26)15-22(31)28-19-12-6-5-11-18(19)23(32)27-17-9-3-4-10-17/h2,5-8,11-14,17H,3-4,9-10,15H2,1H3,(H,27,32)(H,28,31)(H,29,34). The number of anilines is 1. The number of benzene rings is 2. The van der Waals surface area contributed by atoms with Gasteiger partial charge < -0.3 is 20.4 Å². The number of nitrogens with one attached hydrogen (secondary N) is 3. The van der Waals surface area contributed by atoms with Gasteiger partial charge in [-0.1, -0.05) is 43.2 Å². The van der Waals surface area contributed by atoms with Crippen LogP contribution in [0.4, 0.5) is 10.5 Å².